The Morgan fingerprint density at radius 3 is 2.60 bits per heavy atom. The van der Waals surface area contributed by atoms with Gasteiger partial charge in [-0.3, -0.25) is 19.6 Å². The lowest BCUT2D eigenvalue weighted by Crippen LogP contribution is -2.38. The second kappa shape index (κ2) is 6.84. The Morgan fingerprint density at radius 1 is 1.24 bits per heavy atom. The first-order chi connectivity index (χ1) is 12.0. The molecule has 0 saturated heterocycles. The van der Waals surface area contributed by atoms with Gasteiger partial charge in [-0.25, -0.2) is 4.79 Å². The molecular weight excluding hydrogens is 328 g/mol. The lowest BCUT2D eigenvalue weighted by atomic mass is 9.88. The van der Waals surface area contributed by atoms with Crippen LogP contribution in [0, 0.1) is 5.92 Å². The lowest BCUT2D eigenvalue weighted by Gasteiger charge is -2.31. The fraction of sp³-hybridized carbons (Fsp3) is 0.353. The monoisotopic (exact) mass is 346 g/mol. The fourth-order valence-corrected chi connectivity index (χ4v) is 2.86. The molecule has 1 aromatic carbocycles. The van der Waals surface area contributed by atoms with Gasteiger partial charge in [-0.15, -0.1) is 0 Å². The molecule has 132 valence electrons. The van der Waals surface area contributed by atoms with E-state index in [1.807, 2.05) is 0 Å². The standard InChI is InChI=1S/C17H18N2O6/c1-3-24-16(21)11-8-12-14(20)18-17(22)19-15(12)25-13(11)9-4-6-10(23-2)7-5-9/h4-7,11,13H,3,8H2,1-2H3,(H2,18,19,20,22)/t11-,13+/m0/s1. The molecule has 25 heavy (non-hydrogen) atoms. The predicted molar refractivity (Wildman–Crippen MR) is 87.9 cm³/mol. The van der Waals surface area contributed by atoms with E-state index in [0.29, 0.717) is 11.3 Å². The highest BCUT2D eigenvalue weighted by Crippen LogP contribution is 2.37. The molecule has 2 heterocycles. The van der Waals surface area contributed by atoms with E-state index in [4.69, 9.17) is 14.2 Å². The number of H-pyrrole nitrogens is 2. The molecule has 1 aromatic heterocycles. The molecule has 0 bridgehead atoms. The first kappa shape index (κ1) is 16.8. The van der Waals surface area contributed by atoms with Crippen LogP contribution in [-0.2, 0) is 16.0 Å². The van der Waals surface area contributed by atoms with Crippen molar-refractivity contribution in [1.29, 1.82) is 0 Å². The Labute approximate surface area is 142 Å². The number of aromatic nitrogens is 2. The number of aromatic amines is 2. The number of rotatable bonds is 4. The smallest absolute Gasteiger partial charge is 0.328 e. The summed E-state index contributed by atoms with van der Waals surface area (Å²) < 4.78 is 16.1. The van der Waals surface area contributed by atoms with Crippen molar-refractivity contribution in [2.24, 2.45) is 5.92 Å². The van der Waals surface area contributed by atoms with E-state index in [-0.39, 0.29) is 24.5 Å². The molecule has 0 spiro atoms. The molecule has 0 aliphatic carbocycles. The Kier molecular flexibility index (Phi) is 4.60. The van der Waals surface area contributed by atoms with E-state index in [2.05, 4.69) is 9.97 Å². The number of benzene rings is 1. The molecule has 3 rings (SSSR count). The van der Waals surface area contributed by atoms with Gasteiger partial charge >= 0.3 is 11.7 Å². The lowest BCUT2D eigenvalue weighted by molar-refractivity contribution is -0.152. The summed E-state index contributed by atoms with van der Waals surface area (Å²) in [6.07, 6.45) is -0.577. The van der Waals surface area contributed by atoms with Gasteiger partial charge in [-0.1, -0.05) is 12.1 Å². The van der Waals surface area contributed by atoms with Crippen LogP contribution in [0.5, 0.6) is 11.6 Å². The summed E-state index contributed by atoms with van der Waals surface area (Å²) in [6, 6.07) is 7.03. The van der Waals surface area contributed by atoms with Crippen LogP contribution >= 0.6 is 0 Å². The zero-order chi connectivity index (χ0) is 18.0. The quantitative estimate of drug-likeness (QED) is 0.797. The van der Waals surface area contributed by atoms with E-state index in [1.54, 1.807) is 38.3 Å². The number of fused-ring (bicyclic) bond motifs is 1. The van der Waals surface area contributed by atoms with Gasteiger partial charge in [0.15, 0.2) is 0 Å². The molecule has 0 radical (unpaired) electrons. The maximum Gasteiger partial charge on any atom is 0.328 e. The first-order valence-corrected chi connectivity index (χ1v) is 7.86. The molecule has 8 heteroatoms. The number of ether oxygens (including phenoxy) is 3. The Balaban J connectivity index is 2.04. The molecule has 8 nitrogen and oxygen atoms in total. The van der Waals surface area contributed by atoms with Crippen LogP contribution in [0.25, 0.3) is 0 Å². The van der Waals surface area contributed by atoms with Crippen LogP contribution in [0.3, 0.4) is 0 Å². The van der Waals surface area contributed by atoms with Crippen molar-refractivity contribution in [1.82, 2.24) is 9.97 Å². The summed E-state index contributed by atoms with van der Waals surface area (Å²) in [4.78, 5) is 40.5. The van der Waals surface area contributed by atoms with Crippen molar-refractivity contribution >= 4 is 5.97 Å². The summed E-state index contributed by atoms with van der Waals surface area (Å²) in [5, 5.41) is 0. The van der Waals surface area contributed by atoms with E-state index in [9.17, 15) is 14.4 Å². The average Bonchev–Trinajstić information content (AvgIpc) is 2.61. The van der Waals surface area contributed by atoms with Crippen molar-refractivity contribution in [3.8, 4) is 11.6 Å². The Morgan fingerprint density at radius 2 is 1.96 bits per heavy atom. The van der Waals surface area contributed by atoms with Gasteiger partial charge in [0.25, 0.3) is 5.56 Å². The van der Waals surface area contributed by atoms with Crippen LogP contribution in [0.2, 0.25) is 0 Å². The molecular formula is C17H18N2O6. The molecule has 0 amide bonds. The fourth-order valence-electron chi connectivity index (χ4n) is 2.86. The highest BCUT2D eigenvalue weighted by Gasteiger charge is 2.39. The SMILES string of the molecule is CCOC(=O)[C@H]1Cc2c([nH]c(=O)[nH]c2=O)O[C@@H]1c1ccc(OC)cc1. The van der Waals surface area contributed by atoms with Crippen molar-refractivity contribution in [2.75, 3.05) is 13.7 Å². The summed E-state index contributed by atoms with van der Waals surface area (Å²) in [7, 11) is 1.56. The maximum atomic E-state index is 12.4. The van der Waals surface area contributed by atoms with E-state index in [1.165, 1.54) is 0 Å². The minimum atomic E-state index is -0.701. The number of carbonyl (C=O) groups excluding carboxylic acids is 1. The van der Waals surface area contributed by atoms with Crippen molar-refractivity contribution in [2.45, 2.75) is 19.4 Å². The third-order valence-corrected chi connectivity index (χ3v) is 4.07. The second-order valence-electron chi connectivity index (χ2n) is 5.59. The van der Waals surface area contributed by atoms with E-state index >= 15 is 0 Å². The second-order valence-corrected chi connectivity index (χ2v) is 5.59. The summed E-state index contributed by atoms with van der Waals surface area (Å²) in [5.41, 5.74) is -0.291. The maximum absolute atomic E-state index is 12.4. The number of methoxy groups -OCH3 is 1. The Bertz CT molecular complexity index is 883. The molecule has 0 unspecified atom stereocenters. The number of esters is 1. The van der Waals surface area contributed by atoms with Crippen molar-refractivity contribution in [3.05, 3.63) is 56.2 Å². The number of nitrogens with one attached hydrogen (secondary N) is 2. The summed E-state index contributed by atoms with van der Waals surface area (Å²) in [6.45, 7) is 1.93. The van der Waals surface area contributed by atoms with Crippen molar-refractivity contribution in [3.63, 3.8) is 0 Å². The van der Waals surface area contributed by atoms with Gasteiger partial charge < -0.3 is 14.2 Å². The summed E-state index contributed by atoms with van der Waals surface area (Å²) in [5.74, 6) is -0.417. The molecule has 0 fully saturated rings. The van der Waals surface area contributed by atoms with Gasteiger partial charge in [-0.05, 0) is 24.6 Å². The van der Waals surface area contributed by atoms with Crippen LogP contribution in [0.15, 0.2) is 33.9 Å². The molecule has 1 aliphatic rings. The van der Waals surface area contributed by atoms with E-state index in [0.717, 1.165) is 0 Å². The zero-order valence-corrected chi connectivity index (χ0v) is 13.8. The van der Waals surface area contributed by atoms with Gasteiger partial charge in [0.1, 0.15) is 17.8 Å². The van der Waals surface area contributed by atoms with Gasteiger partial charge in [0, 0.05) is 6.42 Å². The average molecular weight is 346 g/mol. The largest absolute Gasteiger partial charge is 0.497 e. The highest BCUT2D eigenvalue weighted by atomic mass is 16.5. The van der Waals surface area contributed by atoms with Gasteiger partial charge in [0.2, 0.25) is 5.88 Å². The zero-order valence-electron chi connectivity index (χ0n) is 13.8. The van der Waals surface area contributed by atoms with Crippen molar-refractivity contribution < 1.29 is 19.0 Å². The molecule has 1 aliphatic heterocycles. The Hall–Kier alpha value is -3.03. The highest BCUT2D eigenvalue weighted by molar-refractivity contribution is 5.74. The van der Waals surface area contributed by atoms with Gasteiger partial charge in [-0.2, -0.15) is 0 Å². The number of hydrogen-bond donors (Lipinski definition) is 2. The molecule has 2 aromatic rings. The number of carbonyl (C=O) groups is 1. The van der Waals surface area contributed by atoms with Crippen LogP contribution < -0.4 is 20.7 Å². The number of hydrogen-bond acceptors (Lipinski definition) is 6. The van der Waals surface area contributed by atoms with Crippen LogP contribution in [0.4, 0.5) is 0 Å². The van der Waals surface area contributed by atoms with Crippen LogP contribution in [0.1, 0.15) is 24.2 Å². The molecule has 2 N–H and O–H groups in total. The minimum Gasteiger partial charge on any atom is -0.497 e. The van der Waals surface area contributed by atoms with Crippen LogP contribution in [-0.4, -0.2) is 29.7 Å². The van der Waals surface area contributed by atoms with Gasteiger partial charge in [0.05, 0.1) is 19.3 Å². The van der Waals surface area contributed by atoms with E-state index < -0.39 is 29.2 Å². The minimum absolute atomic E-state index is 0.0788. The predicted octanol–water partition coefficient (Wildman–Crippen LogP) is 0.927. The summed E-state index contributed by atoms with van der Waals surface area (Å²) >= 11 is 0. The first-order valence-electron chi connectivity index (χ1n) is 7.86. The third-order valence-electron chi connectivity index (χ3n) is 4.07. The normalized spacial score (nSPS) is 18.8. The topological polar surface area (TPSA) is 110 Å². The molecule has 0 saturated carbocycles. The third kappa shape index (κ3) is 3.28. The molecule has 2 atom stereocenters.